The summed E-state index contributed by atoms with van der Waals surface area (Å²) in [6.07, 6.45) is 0.672. The van der Waals surface area contributed by atoms with Crippen LogP contribution in [0.1, 0.15) is 25.3 Å². The first-order chi connectivity index (χ1) is 9.65. The molecule has 2 atom stereocenters. The maximum Gasteiger partial charge on any atom is 0.307 e. The summed E-state index contributed by atoms with van der Waals surface area (Å²) >= 11 is 1.56. The van der Waals surface area contributed by atoms with Gasteiger partial charge in [-0.05, 0) is 31.3 Å². The molecule has 2 aromatic heterocycles. The molecular weight excluding hydrogens is 314 g/mol. The van der Waals surface area contributed by atoms with Crippen LogP contribution >= 0.6 is 23.7 Å². The number of carboxylic acids is 1. The van der Waals surface area contributed by atoms with E-state index < -0.39 is 5.97 Å². The first-order valence-corrected chi connectivity index (χ1v) is 7.37. The molecule has 114 valence electrons. The van der Waals surface area contributed by atoms with E-state index in [1.54, 1.807) is 11.3 Å². The van der Waals surface area contributed by atoms with E-state index in [1.807, 2.05) is 24.4 Å². The molecule has 0 saturated carbocycles. The Morgan fingerprint density at radius 1 is 1.62 bits per heavy atom. The minimum Gasteiger partial charge on any atom is -0.481 e. The Morgan fingerprint density at radius 2 is 2.43 bits per heavy atom. The maximum atomic E-state index is 11.0. The number of carboxylic acid groups (broad SMARTS) is 1. The van der Waals surface area contributed by atoms with Crippen molar-refractivity contribution in [3.63, 3.8) is 0 Å². The van der Waals surface area contributed by atoms with Crippen LogP contribution in [0.25, 0.3) is 10.7 Å². The molecule has 8 heteroatoms. The first kappa shape index (κ1) is 15.9. The zero-order chi connectivity index (χ0) is 14.1. The Hall–Kier alpha value is -1.44. The van der Waals surface area contributed by atoms with Crippen molar-refractivity contribution in [3.8, 4) is 10.7 Å². The predicted molar refractivity (Wildman–Crippen MR) is 80.6 cm³/mol. The Balaban J connectivity index is 0.00000161. The lowest BCUT2D eigenvalue weighted by Crippen LogP contribution is -2.26. The van der Waals surface area contributed by atoms with Crippen molar-refractivity contribution in [2.24, 2.45) is 5.92 Å². The lowest BCUT2D eigenvalue weighted by molar-refractivity contribution is -0.141. The third-order valence-electron chi connectivity index (χ3n) is 3.66. The fourth-order valence-electron chi connectivity index (χ4n) is 2.41. The molecule has 0 radical (unpaired) electrons. The van der Waals surface area contributed by atoms with Crippen molar-refractivity contribution < 1.29 is 14.4 Å². The van der Waals surface area contributed by atoms with Gasteiger partial charge in [-0.25, -0.2) is 0 Å². The van der Waals surface area contributed by atoms with Crippen molar-refractivity contribution in [2.75, 3.05) is 13.1 Å². The van der Waals surface area contributed by atoms with Crippen LogP contribution in [0.15, 0.2) is 22.0 Å². The van der Waals surface area contributed by atoms with E-state index in [4.69, 9.17) is 9.63 Å². The molecule has 0 bridgehead atoms. The summed E-state index contributed by atoms with van der Waals surface area (Å²) < 4.78 is 5.31. The number of halogens is 1. The Bertz CT molecular complexity index is 602. The van der Waals surface area contributed by atoms with Crippen LogP contribution in [0, 0.1) is 5.92 Å². The third-order valence-corrected chi connectivity index (χ3v) is 4.52. The lowest BCUT2D eigenvalue weighted by atomic mass is 10.1. The molecule has 0 amide bonds. The van der Waals surface area contributed by atoms with Crippen LogP contribution < -0.4 is 0 Å². The van der Waals surface area contributed by atoms with Gasteiger partial charge >= 0.3 is 5.97 Å². The van der Waals surface area contributed by atoms with Crippen molar-refractivity contribution in [2.45, 2.75) is 19.4 Å². The molecule has 1 saturated heterocycles. The third kappa shape index (κ3) is 3.25. The van der Waals surface area contributed by atoms with Crippen LogP contribution in [0.2, 0.25) is 0 Å². The molecule has 1 N–H and O–H groups in total. The van der Waals surface area contributed by atoms with Crippen LogP contribution in [0.4, 0.5) is 0 Å². The summed E-state index contributed by atoms with van der Waals surface area (Å²) in [6, 6.07) is 3.83. The van der Waals surface area contributed by atoms with E-state index in [9.17, 15) is 4.79 Å². The molecule has 1 fully saturated rings. The Kier molecular flexibility index (Phi) is 4.97. The average Bonchev–Trinajstić information content (AvgIpc) is 3.17. The number of aromatic nitrogens is 2. The van der Waals surface area contributed by atoms with Gasteiger partial charge in [0.2, 0.25) is 11.7 Å². The number of rotatable bonds is 4. The number of thiophene rings is 1. The van der Waals surface area contributed by atoms with Crippen LogP contribution in [-0.2, 0) is 4.79 Å². The smallest absolute Gasteiger partial charge is 0.307 e. The Morgan fingerprint density at radius 3 is 3.05 bits per heavy atom. The highest BCUT2D eigenvalue weighted by atomic mass is 35.5. The second-order valence-electron chi connectivity index (χ2n) is 4.93. The number of carbonyl (C=O) groups is 1. The molecule has 3 heterocycles. The number of likely N-dealkylation sites (tertiary alicyclic amines) is 1. The lowest BCUT2D eigenvalue weighted by Gasteiger charge is -2.20. The standard InChI is InChI=1S/C13H15N3O3S.ClH/c1-8(16-5-4-9(7-16)13(17)18)12-14-11(15-19-12)10-3-2-6-20-10;/h2-3,6,8-9H,4-5,7H2,1H3,(H,17,18);1H. The van der Waals surface area contributed by atoms with E-state index in [1.165, 1.54) is 0 Å². The Labute approximate surface area is 132 Å². The zero-order valence-corrected chi connectivity index (χ0v) is 13.1. The zero-order valence-electron chi connectivity index (χ0n) is 11.4. The van der Waals surface area contributed by atoms with Crippen molar-refractivity contribution in [3.05, 3.63) is 23.4 Å². The highest BCUT2D eigenvalue weighted by Crippen LogP contribution is 2.28. The largest absolute Gasteiger partial charge is 0.481 e. The van der Waals surface area contributed by atoms with Crippen molar-refractivity contribution >= 4 is 29.7 Å². The van der Waals surface area contributed by atoms with E-state index in [0.717, 1.165) is 11.4 Å². The molecule has 3 rings (SSSR count). The van der Waals surface area contributed by atoms with E-state index in [2.05, 4.69) is 15.0 Å². The van der Waals surface area contributed by atoms with E-state index in [0.29, 0.717) is 24.7 Å². The van der Waals surface area contributed by atoms with Gasteiger partial charge < -0.3 is 9.63 Å². The highest BCUT2D eigenvalue weighted by molar-refractivity contribution is 7.13. The van der Waals surface area contributed by atoms with Crippen LogP contribution in [0.3, 0.4) is 0 Å². The molecule has 0 spiro atoms. The summed E-state index contributed by atoms with van der Waals surface area (Å²) in [6.45, 7) is 3.25. The quantitative estimate of drug-likeness (QED) is 0.929. The average molecular weight is 330 g/mol. The number of aliphatic carboxylic acids is 1. The van der Waals surface area contributed by atoms with E-state index in [-0.39, 0.29) is 24.4 Å². The summed E-state index contributed by atoms with van der Waals surface area (Å²) in [5.74, 6) is 0.108. The molecule has 21 heavy (non-hydrogen) atoms. The molecule has 0 aromatic carbocycles. The first-order valence-electron chi connectivity index (χ1n) is 6.49. The summed E-state index contributed by atoms with van der Waals surface area (Å²) in [7, 11) is 0. The second-order valence-corrected chi connectivity index (χ2v) is 5.88. The number of hydrogen-bond donors (Lipinski definition) is 1. The van der Waals surface area contributed by atoms with Crippen LogP contribution in [-0.4, -0.2) is 39.2 Å². The summed E-state index contributed by atoms with van der Waals surface area (Å²) in [5.41, 5.74) is 0. The second kappa shape index (κ2) is 6.55. The fraction of sp³-hybridized carbons (Fsp3) is 0.462. The SMILES string of the molecule is CC(c1nc(-c2cccs2)no1)N1CCC(C(=O)O)C1.Cl. The van der Waals surface area contributed by atoms with Gasteiger partial charge in [-0.15, -0.1) is 23.7 Å². The molecule has 0 aliphatic carbocycles. The molecule has 1 aliphatic rings. The normalized spacial score (nSPS) is 20.1. The maximum absolute atomic E-state index is 11.0. The molecular formula is C13H16ClN3O3S. The van der Waals surface area contributed by atoms with Gasteiger partial charge in [0.15, 0.2) is 0 Å². The predicted octanol–water partition coefficient (Wildman–Crippen LogP) is 2.69. The minimum atomic E-state index is -0.732. The summed E-state index contributed by atoms with van der Waals surface area (Å²) in [5, 5.41) is 15.0. The van der Waals surface area contributed by atoms with Gasteiger partial charge in [0.05, 0.1) is 16.8 Å². The van der Waals surface area contributed by atoms with Crippen molar-refractivity contribution in [1.29, 1.82) is 0 Å². The molecule has 1 aliphatic heterocycles. The van der Waals surface area contributed by atoms with Gasteiger partial charge in [0.1, 0.15) is 0 Å². The molecule has 2 aromatic rings. The monoisotopic (exact) mass is 329 g/mol. The minimum absolute atomic E-state index is 0. The van der Waals surface area contributed by atoms with Gasteiger partial charge in [-0.3, -0.25) is 9.69 Å². The van der Waals surface area contributed by atoms with Gasteiger partial charge in [0.25, 0.3) is 0 Å². The molecule has 2 unspecified atom stereocenters. The van der Waals surface area contributed by atoms with Gasteiger partial charge in [-0.2, -0.15) is 4.98 Å². The van der Waals surface area contributed by atoms with Gasteiger partial charge in [-0.1, -0.05) is 11.2 Å². The van der Waals surface area contributed by atoms with E-state index >= 15 is 0 Å². The highest BCUT2D eigenvalue weighted by Gasteiger charge is 2.33. The molecule has 6 nitrogen and oxygen atoms in total. The number of hydrogen-bond acceptors (Lipinski definition) is 6. The number of nitrogens with zero attached hydrogens (tertiary/aromatic N) is 3. The van der Waals surface area contributed by atoms with Crippen LogP contribution in [0.5, 0.6) is 0 Å². The fourth-order valence-corrected chi connectivity index (χ4v) is 3.06. The topological polar surface area (TPSA) is 79.5 Å². The van der Waals surface area contributed by atoms with Crippen molar-refractivity contribution in [1.82, 2.24) is 15.0 Å². The van der Waals surface area contributed by atoms with Gasteiger partial charge in [0, 0.05) is 6.54 Å². The summed E-state index contributed by atoms with van der Waals surface area (Å²) in [4.78, 5) is 18.4.